The van der Waals surface area contributed by atoms with Crippen LogP contribution in [0.3, 0.4) is 0 Å². The molecule has 168 valence electrons. The molecule has 3 aromatic rings. The smallest absolute Gasteiger partial charge is 0.233 e. The molecular formula is C23H26N4O3S2. The van der Waals surface area contributed by atoms with E-state index in [0.717, 1.165) is 16.8 Å². The lowest BCUT2D eigenvalue weighted by Crippen LogP contribution is -2.42. The van der Waals surface area contributed by atoms with Gasteiger partial charge in [0.15, 0.2) is 20.8 Å². The molecule has 1 amide bonds. The summed E-state index contributed by atoms with van der Waals surface area (Å²) in [5.74, 6) is 0.993. The molecule has 1 atom stereocenters. The number of aryl methyl sites for hydroxylation is 1. The van der Waals surface area contributed by atoms with Crippen LogP contribution in [0.1, 0.15) is 18.9 Å². The van der Waals surface area contributed by atoms with Gasteiger partial charge in [0.25, 0.3) is 0 Å². The second-order valence-corrected chi connectivity index (χ2v) is 11.0. The van der Waals surface area contributed by atoms with Gasteiger partial charge < -0.3 is 4.90 Å². The van der Waals surface area contributed by atoms with Crippen LogP contribution in [0.4, 0.5) is 0 Å². The number of carbonyl (C=O) groups is 1. The molecule has 1 unspecified atom stereocenters. The number of hydrogen-bond acceptors (Lipinski definition) is 6. The van der Waals surface area contributed by atoms with Gasteiger partial charge in [0.05, 0.1) is 17.3 Å². The molecule has 2 heterocycles. The maximum atomic E-state index is 13.0. The molecule has 1 aliphatic heterocycles. The quantitative estimate of drug-likeness (QED) is 0.492. The first-order valence-electron chi connectivity index (χ1n) is 10.6. The van der Waals surface area contributed by atoms with Crippen LogP contribution in [0.15, 0.2) is 59.8 Å². The van der Waals surface area contributed by atoms with Crippen molar-refractivity contribution in [1.29, 1.82) is 0 Å². The molecule has 0 aliphatic carbocycles. The third-order valence-corrected chi connectivity index (χ3v) is 8.26. The average Bonchev–Trinajstić information content (AvgIpc) is 3.37. The summed E-state index contributed by atoms with van der Waals surface area (Å²) in [5.41, 5.74) is 3.01. The van der Waals surface area contributed by atoms with Gasteiger partial charge in [-0.2, -0.15) is 0 Å². The zero-order valence-corrected chi connectivity index (χ0v) is 19.8. The summed E-state index contributed by atoms with van der Waals surface area (Å²) >= 11 is 1.32. The molecule has 32 heavy (non-hydrogen) atoms. The van der Waals surface area contributed by atoms with Crippen LogP contribution in [-0.2, 0) is 14.6 Å². The van der Waals surface area contributed by atoms with Crippen LogP contribution in [0.25, 0.3) is 17.1 Å². The summed E-state index contributed by atoms with van der Waals surface area (Å²) in [6, 6.07) is 17.7. The van der Waals surface area contributed by atoms with E-state index in [9.17, 15) is 13.2 Å². The number of rotatable bonds is 7. The van der Waals surface area contributed by atoms with Crippen molar-refractivity contribution < 1.29 is 13.2 Å². The second-order valence-electron chi connectivity index (χ2n) is 7.87. The fourth-order valence-electron chi connectivity index (χ4n) is 3.93. The van der Waals surface area contributed by atoms with E-state index in [1.54, 1.807) is 4.90 Å². The van der Waals surface area contributed by atoms with Gasteiger partial charge in [-0.1, -0.05) is 59.8 Å². The Bertz CT molecular complexity index is 1190. The van der Waals surface area contributed by atoms with Crippen LogP contribution in [0.5, 0.6) is 0 Å². The topological polar surface area (TPSA) is 85.2 Å². The predicted molar refractivity (Wildman–Crippen MR) is 127 cm³/mol. The summed E-state index contributed by atoms with van der Waals surface area (Å²) in [4.78, 5) is 14.7. The molecule has 1 saturated heterocycles. The number of thioether (sulfide) groups is 1. The van der Waals surface area contributed by atoms with Crippen LogP contribution in [-0.4, -0.2) is 63.8 Å². The zero-order valence-electron chi connectivity index (χ0n) is 18.1. The van der Waals surface area contributed by atoms with E-state index in [-0.39, 0.29) is 29.2 Å². The SMILES string of the molecule is CCN(C(=O)CSc1nnc(-c2ccccc2)n1-c1ccc(C)cc1)C1CCS(=O)(=O)C1. The summed E-state index contributed by atoms with van der Waals surface area (Å²) in [6.45, 7) is 4.40. The normalized spacial score (nSPS) is 17.4. The van der Waals surface area contributed by atoms with E-state index in [4.69, 9.17) is 0 Å². The number of aromatic nitrogens is 3. The molecule has 0 saturated carbocycles. The average molecular weight is 471 g/mol. The number of sulfone groups is 1. The van der Waals surface area contributed by atoms with Gasteiger partial charge in [-0.05, 0) is 32.4 Å². The van der Waals surface area contributed by atoms with E-state index in [2.05, 4.69) is 10.2 Å². The minimum absolute atomic E-state index is 0.0505. The maximum Gasteiger partial charge on any atom is 0.233 e. The lowest BCUT2D eigenvalue weighted by atomic mass is 10.2. The molecule has 1 aromatic heterocycles. The predicted octanol–water partition coefficient (Wildman–Crippen LogP) is 3.37. The summed E-state index contributed by atoms with van der Waals surface area (Å²) in [7, 11) is -3.05. The molecule has 9 heteroatoms. The van der Waals surface area contributed by atoms with E-state index in [0.29, 0.717) is 23.9 Å². The first-order chi connectivity index (χ1) is 15.4. The third kappa shape index (κ3) is 4.88. The Balaban J connectivity index is 1.59. The largest absolute Gasteiger partial charge is 0.338 e. The van der Waals surface area contributed by atoms with Crippen molar-refractivity contribution in [3.63, 3.8) is 0 Å². The molecular weight excluding hydrogens is 444 g/mol. The van der Waals surface area contributed by atoms with Gasteiger partial charge in [0.2, 0.25) is 5.91 Å². The Hall–Kier alpha value is -2.65. The first kappa shape index (κ1) is 22.5. The summed E-state index contributed by atoms with van der Waals surface area (Å²) in [5, 5.41) is 9.41. The van der Waals surface area contributed by atoms with Gasteiger partial charge in [-0.3, -0.25) is 9.36 Å². The number of nitrogens with zero attached hydrogens (tertiary/aromatic N) is 4. The molecule has 2 aromatic carbocycles. The van der Waals surface area contributed by atoms with Crippen molar-refractivity contribution in [2.24, 2.45) is 0 Å². The highest BCUT2D eigenvalue weighted by Gasteiger charge is 2.34. The van der Waals surface area contributed by atoms with Crippen molar-refractivity contribution in [3.8, 4) is 17.1 Å². The highest BCUT2D eigenvalue weighted by Crippen LogP contribution is 2.29. The first-order valence-corrected chi connectivity index (χ1v) is 13.4. The lowest BCUT2D eigenvalue weighted by molar-refractivity contribution is -0.129. The summed E-state index contributed by atoms with van der Waals surface area (Å²) in [6.07, 6.45) is 0.504. The third-order valence-electron chi connectivity index (χ3n) is 5.59. The van der Waals surface area contributed by atoms with E-state index in [1.807, 2.05) is 73.0 Å². The molecule has 1 aliphatic rings. The Morgan fingerprint density at radius 1 is 1.12 bits per heavy atom. The number of benzene rings is 2. The number of hydrogen-bond donors (Lipinski definition) is 0. The van der Waals surface area contributed by atoms with Crippen LogP contribution >= 0.6 is 11.8 Å². The number of amides is 1. The van der Waals surface area contributed by atoms with Crippen LogP contribution in [0.2, 0.25) is 0 Å². The molecule has 0 radical (unpaired) electrons. The number of carbonyl (C=O) groups excluding carboxylic acids is 1. The minimum atomic E-state index is -3.05. The van der Waals surface area contributed by atoms with E-state index < -0.39 is 9.84 Å². The van der Waals surface area contributed by atoms with Crippen LogP contribution < -0.4 is 0 Å². The Labute approximate surface area is 192 Å². The Morgan fingerprint density at radius 2 is 1.84 bits per heavy atom. The monoisotopic (exact) mass is 470 g/mol. The van der Waals surface area contributed by atoms with Gasteiger partial charge >= 0.3 is 0 Å². The Kier molecular flexibility index (Phi) is 6.66. The highest BCUT2D eigenvalue weighted by atomic mass is 32.2. The molecule has 0 N–H and O–H groups in total. The fraction of sp³-hybridized carbons (Fsp3) is 0.348. The summed E-state index contributed by atoms with van der Waals surface area (Å²) < 4.78 is 25.7. The standard InChI is InChI=1S/C23H26N4O3S2/c1-3-26(20-13-14-32(29,30)16-20)21(28)15-31-23-25-24-22(18-7-5-4-6-8-18)27(23)19-11-9-17(2)10-12-19/h4-12,20H,3,13-16H2,1-2H3. The van der Waals surface area contributed by atoms with Gasteiger partial charge in [-0.15, -0.1) is 10.2 Å². The highest BCUT2D eigenvalue weighted by molar-refractivity contribution is 7.99. The van der Waals surface area contributed by atoms with Gasteiger partial charge in [-0.25, -0.2) is 8.42 Å². The fourth-order valence-corrected chi connectivity index (χ4v) is 6.50. The van der Waals surface area contributed by atoms with Crippen molar-refractivity contribution in [1.82, 2.24) is 19.7 Å². The molecule has 0 spiro atoms. The molecule has 4 rings (SSSR count). The molecule has 7 nitrogen and oxygen atoms in total. The zero-order chi connectivity index (χ0) is 22.7. The van der Waals surface area contributed by atoms with Gasteiger partial charge in [0, 0.05) is 23.8 Å². The van der Waals surface area contributed by atoms with Crippen molar-refractivity contribution >= 4 is 27.5 Å². The van der Waals surface area contributed by atoms with E-state index in [1.165, 1.54) is 11.8 Å². The maximum absolute atomic E-state index is 13.0. The van der Waals surface area contributed by atoms with E-state index >= 15 is 0 Å². The lowest BCUT2D eigenvalue weighted by Gasteiger charge is -2.26. The van der Waals surface area contributed by atoms with Crippen molar-refractivity contribution in [3.05, 3.63) is 60.2 Å². The second kappa shape index (κ2) is 9.46. The van der Waals surface area contributed by atoms with Crippen molar-refractivity contribution in [2.75, 3.05) is 23.8 Å². The Morgan fingerprint density at radius 3 is 2.47 bits per heavy atom. The molecule has 0 bridgehead atoms. The van der Waals surface area contributed by atoms with Gasteiger partial charge in [0.1, 0.15) is 0 Å². The van der Waals surface area contributed by atoms with Crippen LogP contribution in [0, 0.1) is 6.92 Å². The molecule has 1 fully saturated rings. The minimum Gasteiger partial charge on any atom is -0.338 e. The van der Waals surface area contributed by atoms with Crippen molar-refractivity contribution in [2.45, 2.75) is 31.5 Å².